The minimum absolute atomic E-state index is 0.297. The average Bonchev–Trinajstić information content (AvgIpc) is 3.06. The molecule has 116 valence electrons. The van der Waals surface area contributed by atoms with Crippen molar-refractivity contribution in [2.24, 2.45) is 5.92 Å². The van der Waals surface area contributed by atoms with Crippen LogP contribution in [0.3, 0.4) is 0 Å². The lowest BCUT2D eigenvalue weighted by molar-refractivity contribution is 0.00183. The van der Waals surface area contributed by atoms with Crippen LogP contribution >= 0.6 is 0 Å². The third kappa shape index (κ3) is 2.49. The summed E-state index contributed by atoms with van der Waals surface area (Å²) in [5.41, 5.74) is 1.17. The highest BCUT2D eigenvalue weighted by Gasteiger charge is 2.41. The van der Waals surface area contributed by atoms with E-state index in [0.717, 1.165) is 45.4 Å². The molecule has 0 amide bonds. The second-order valence-electron chi connectivity index (χ2n) is 6.83. The predicted molar refractivity (Wildman–Crippen MR) is 79.1 cm³/mol. The van der Waals surface area contributed by atoms with Crippen molar-refractivity contribution in [3.05, 3.63) is 11.9 Å². The molecule has 4 fully saturated rings. The van der Waals surface area contributed by atoms with Crippen LogP contribution in [0.25, 0.3) is 0 Å². The van der Waals surface area contributed by atoms with Gasteiger partial charge in [-0.3, -0.25) is 4.90 Å². The van der Waals surface area contributed by atoms with Crippen molar-refractivity contribution in [3.8, 4) is 0 Å². The van der Waals surface area contributed by atoms with Gasteiger partial charge in [0.1, 0.15) is 0 Å². The molecule has 2 N–H and O–H groups in total. The molecular formula is C15H25N5O. The van der Waals surface area contributed by atoms with Crippen molar-refractivity contribution in [1.29, 1.82) is 0 Å². The molecule has 0 aliphatic carbocycles. The zero-order valence-corrected chi connectivity index (χ0v) is 12.5. The Morgan fingerprint density at radius 3 is 2.86 bits per heavy atom. The smallest absolute Gasteiger partial charge is 0.0873 e. The number of aliphatic hydroxyl groups is 1. The molecule has 6 heteroatoms. The molecule has 1 unspecified atom stereocenters. The first-order valence-corrected chi connectivity index (χ1v) is 8.32. The minimum atomic E-state index is 0.297. The van der Waals surface area contributed by atoms with Gasteiger partial charge >= 0.3 is 0 Å². The van der Waals surface area contributed by atoms with Crippen molar-refractivity contribution in [2.45, 2.75) is 43.7 Å². The summed E-state index contributed by atoms with van der Waals surface area (Å²) in [6.07, 6.45) is 6.84. The Morgan fingerprint density at radius 1 is 1.29 bits per heavy atom. The zero-order valence-electron chi connectivity index (χ0n) is 12.5. The summed E-state index contributed by atoms with van der Waals surface area (Å²) in [5.74, 6) is 1.18. The first kappa shape index (κ1) is 13.7. The van der Waals surface area contributed by atoms with E-state index in [1.54, 1.807) is 0 Å². The average molecular weight is 291 g/mol. The van der Waals surface area contributed by atoms with E-state index in [2.05, 4.69) is 31.4 Å². The Labute approximate surface area is 125 Å². The Bertz CT molecular complexity index is 484. The summed E-state index contributed by atoms with van der Waals surface area (Å²) in [6, 6.07) is 0.887. The van der Waals surface area contributed by atoms with Gasteiger partial charge in [0.15, 0.2) is 0 Å². The lowest BCUT2D eigenvalue weighted by atomic mass is 9.74. The van der Waals surface area contributed by atoms with Gasteiger partial charge < -0.3 is 10.4 Å². The molecule has 0 spiro atoms. The van der Waals surface area contributed by atoms with E-state index in [4.69, 9.17) is 0 Å². The van der Waals surface area contributed by atoms with E-state index in [-0.39, 0.29) is 0 Å². The minimum Gasteiger partial charge on any atom is -0.395 e. The number of piperidine rings is 4. The number of fused-ring (bicyclic) bond motifs is 3. The maximum absolute atomic E-state index is 9.46. The number of aliphatic hydroxyl groups excluding tert-OH is 1. The summed E-state index contributed by atoms with van der Waals surface area (Å²) >= 11 is 0. The molecule has 4 aliphatic rings. The van der Waals surface area contributed by atoms with Crippen molar-refractivity contribution in [3.63, 3.8) is 0 Å². The fourth-order valence-electron chi connectivity index (χ4n) is 4.37. The van der Waals surface area contributed by atoms with Crippen LogP contribution in [0.1, 0.15) is 43.3 Å². The highest BCUT2D eigenvalue weighted by molar-refractivity contribution is 5.11. The molecule has 0 saturated carbocycles. The Morgan fingerprint density at radius 2 is 2.14 bits per heavy atom. The van der Waals surface area contributed by atoms with E-state index >= 15 is 0 Å². The van der Waals surface area contributed by atoms with Crippen LogP contribution in [0, 0.1) is 5.92 Å². The standard InChI is InChI=1S/C15H25N5O/c21-10-13-7-11-3-6-19(13)8-14(11)15-9-20(18-17-15)12-1-4-16-5-2-12/h9,11-14,16,21H,1-8,10H2/t11-,13+,14-/m1/s1. The van der Waals surface area contributed by atoms with Gasteiger partial charge in [-0.25, -0.2) is 4.68 Å². The quantitative estimate of drug-likeness (QED) is 0.842. The fraction of sp³-hybridized carbons (Fsp3) is 0.867. The molecule has 0 aromatic carbocycles. The summed E-state index contributed by atoms with van der Waals surface area (Å²) in [4.78, 5) is 2.44. The van der Waals surface area contributed by atoms with Crippen LogP contribution in [-0.4, -0.2) is 63.8 Å². The van der Waals surface area contributed by atoms with Crippen molar-refractivity contribution < 1.29 is 5.11 Å². The summed E-state index contributed by atoms with van der Waals surface area (Å²) in [5, 5.41) is 21.8. The van der Waals surface area contributed by atoms with E-state index in [1.165, 1.54) is 12.1 Å². The van der Waals surface area contributed by atoms with E-state index in [9.17, 15) is 5.11 Å². The lowest BCUT2D eigenvalue weighted by Gasteiger charge is -2.48. The van der Waals surface area contributed by atoms with Crippen molar-refractivity contribution in [2.75, 3.05) is 32.8 Å². The van der Waals surface area contributed by atoms with Crippen LogP contribution in [0.5, 0.6) is 0 Å². The van der Waals surface area contributed by atoms with E-state index in [0.29, 0.717) is 30.5 Å². The molecule has 2 bridgehead atoms. The van der Waals surface area contributed by atoms with Crippen molar-refractivity contribution >= 4 is 0 Å². The SMILES string of the molecule is OC[C@@H]1C[C@H]2CCN1C[C@H]2c1cn(C2CCNCC2)nn1. The number of nitrogens with one attached hydrogen (secondary N) is 1. The molecule has 6 nitrogen and oxygen atoms in total. The molecule has 4 atom stereocenters. The fourth-order valence-corrected chi connectivity index (χ4v) is 4.37. The molecule has 0 radical (unpaired) electrons. The highest BCUT2D eigenvalue weighted by atomic mass is 16.3. The zero-order chi connectivity index (χ0) is 14.2. The van der Waals surface area contributed by atoms with E-state index < -0.39 is 0 Å². The lowest BCUT2D eigenvalue weighted by Crippen LogP contribution is -2.53. The van der Waals surface area contributed by atoms with Gasteiger partial charge in [-0.1, -0.05) is 5.21 Å². The summed E-state index contributed by atoms with van der Waals surface area (Å²) in [7, 11) is 0. The number of nitrogens with zero attached hydrogens (tertiary/aromatic N) is 4. The maximum Gasteiger partial charge on any atom is 0.0873 e. The monoisotopic (exact) mass is 291 g/mol. The molecular weight excluding hydrogens is 266 g/mol. The van der Waals surface area contributed by atoms with E-state index in [1.807, 2.05) is 0 Å². The second-order valence-corrected chi connectivity index (χ2v) is 6.83. The molecule has 5 rings (SSSR count). The van der Waals surface area contributed by atoms with Gasteiger partial charge in [-0.15, -0.1) is 5.10 Å². The molecule has 5 heterocycles. The molecule has 4 saturated heterocycles. The number of rotatable bonds is 3. The highest BCUT2D eigenvalue weighted by Crippen LogP contribution is 2.41. The second kappa shape index (κ2) is 5.66. The van der Waals surface area contributed by atoms with Crippen LogP contribution < -0.4 is 5.32 Å². The first-order chi connectivity index (χ1) is 10.3. The molecule has 1 aromatic rings. The van der Waals surface area contributed by atoms with Gasteiger partial charge in [0.2, 0.25) is 0 Å². The Kier molecular flexibility index (Phi) is 3.69. The van der Waals surface area contributed by atoms with Crippen LogP contribution in [0.4, 0.5) is 0 Å². The Hall–Kier alpha value is -0.980. The number of hydrogen-bond acceptors (Lipinski definition) is 5. The van der Waals surface area contributed by atoms with Gasteiger partial charge in [0.25, 0.3) is 0 Å². The van der Waals surface area contributed by atoms with Crippen molar-refractivity contribution in [1.82, 2.24) is 25.2 Å². The summed E-state index contributed by atoms with van der Waals surface area (Å²) in [6.45, 7) is 4.64. The van der Waals surface area contributed by atoms with Gasteiger partial charge in [-0.05, 0) is 51.2 Å². The normalized spacial score (nSPS) is 37.0. The maximum atomic E-state index is 9.46. The number of hydrogen-bond donors (Lipinski definition) is 2. The largest absolute Gasteiger partial charge is 0.395 e. The van der Waals surface area contributed by atoms with Gasteiger partial charge in [-0.2, -0.15) is 0 Å². The van der Waals surface area contributed by atoms with Crippen LogP contribution in [-0.2, 0) is 0 Å². The topological polar surface area (TPSA) is 66.2 Å². The van der Waals surface area contributed by atoms with Crippen LogP contribution in [0.2, 0.25) is 0 Å². The predicted octanol–water partition coefficient (Wildman–Crippen LogP) is 0.373. The first-order valence-electron chi connectivity index (χ1n) is 8.32. The van der Waals surface area contributed by atoms with Gasteiger partial charge in [0, 0.05) is 24.7 Å². The number of aromatic nitrogens is 3. The summed E-state index contributed by atoms with van der Waals surface area (Å²) < 4.78 is 2.09. The molecule has 1 aromatic heterocycles. The molecule has 21 heavy (non-hydrogen) atoms. The molecule has 4 aliphatic heterocycles. The third-order valence-corrected chi connectivity index (χ3v) is 5.68. The van der Waals surface area contributed by atoms with Crippen LogP contribution in [0.15, 0.2) is 6.20 Å². The third-order valence-electron chi connectivity index (χ3n) is 5.68. The van der Waals surface area contributed by atoms with Gasteiger partial charge in [0.05, 0.1) is 18.3 Å². The Balaban J connectivity index is 1.49.